The van der Waals surface area contributed by atoms with Gasteiger partial charge in [0.25, 0.3) is 0 Å². The molecule has 0 bridgehead atoms. The van der Waals surface area contributed by atoms with Gasteiger partial charge >= 0.3 is 0 Å². The lowest BCUT2D eigenvalue weighted by Crippen LogP contribution is -2.37. The Morgan fingerprint density at radius 3 is 2.24 bits per heavy atom. The summed E-state index contributed by atoms with van der Waals surface area (Å²) < 4.78 is 40.1. The summed E-state index contributed by atoms with van der Waals surface area (Å²) in [5.41, 5.74) is 1.79. The SMILES string of the molecule is COc1ccc(C)cc1S(=O)(=O)N(CC(=O)Nc1cc(Cl)ccc1Oc1ccccc1)Cc1ccccc1. The molecule has 0 saturated carbocycles. The maximum Gasteiger partial charge on any atom is 0.247 e. The number of nitrogens with one attached hydrogen (secondary N) is 1. The number of rotatable bonds is 10. The zero-order valence-corrected chi connectivity index (χ0v) is 22.5. The molecule has 0 saturated heterocycles. The van der Waals surface area contributed by atoms with Crippen LogP contribution in [0.5, 0.6) is 17.2 Å². The van der Waals surface area contributed by atoms with Crippen molar-refractivity contribution in [3.8, 4) is 17.2 Å². The molecule has 196 valence electrons. The normalized spacial score (nSPS) is 11.3. The van der Waals surface area contributed by atoms with Crippen LogP contribution < -0.4 is 14.8 Å². The monoisotopic (exact) mass is 550 g/mol. The first-order chi connectivity index (χ1) is 18.3. The predicted molar refractivity (Wildman–Crippen MR) is 148 cm³/mol. The van der Waals surface area contributed by atoms with Crippen molar-refractivity contribution in [1.82, 2.24) is 4.31 Å². The van der Waals surface area contributed by atoms with Gasteiger partial charge in [0.1, 0.15) is 16.4 Å². The number of carbonyl (C=O) groups is 1. The lowest BCUT2D eigenvalue weighted by molar-refractivity contribution is -0.116. The van der Waals surface area contributed by atoms with Crippen molar-refractivity contribution in [2.75, 3.05) is 19.0 Å². The van der Waals surface area contributed by atoms with E-state index in [2.05, 4.69) is 5.32 Å². The molecule has 4 rings (SSSR count). The average molecular weight is 551 g/mol. The molecule has 1 amide bonds. The van der Waals surface area contributed by atoms with E-state index in [0.29, 0.717) is 22.2 Å². The number of methoxy groups -OCH3 is 1. The van der Waals surface area contributed by atoms with E-state index in [4.69, 9.17) is 21.1 Å². The molecule has 0 heterocycles. The molecule has 4 aromatic rings. The first-order valence-electron chi connectivity index (χ1n) is 11.8. The zero-order valence-electron chi connectivity index (χ0n) is 20.9. The Hall–Kier alpha value is -3.85. The third-order valence-corrected chi connectivity index (χ3v) is 7.69. The largest absolute Gasteiger partial charge is 0.495 e. The number of sulfonamides is 1. The third kappa shape index (κ3) is 6.72. The van der Waals surface area contributed by atoms with E-state index in [0.717, 1.165) is 15.4 Å². The number of carbonyl (C=O) groups excluding carboxylic acids is 1. The van der Waals surface area contributed by atoms with Crippen molar-refractivity contribution >= 4 is 33.2 Å². The van der Waals surface area contributed by atoms with Crippen LogP contribution in [-0.4, -0.2) is 32.3 Å². The molecule has 0 radical (unpaired) electrons. The maximum atomic E-state index is 13.8. The number of para-hydroxylation sites is 1. The second-order valence-corrected chi connectivity index (χ2v) is 10.9. The number of benzene rings is 4. The van der Waals surface area contributed by atoms with Gasteiger partial charge in [-0.2, -0.15) is 4.31 Å². The summed E-state index contributed by atoms with van der Waals surface area (Å²) in [5, 5.41) is 3.15. The number of ether oxygens (including phenoxy) is 2. The van der Waals surface area contributed by atoms with Crippen molar-refractivity contribution in [2.24, 2.45) is 0 Å². The highest BCUT2D eigenvalue weighted by atomic mass is 35.5. The van der Waals surface area contributed by atoms with Crippen LogP contribution in [0.3, 0.4) is 0 Å². The average Bonchev–Trinajstić information content (AvgIpc) is 2.91. The van der Waals surface area contributed by atoms with Crippen molar-refractivity contribution in [3.63, 3.8) is 0 Å². The molecular weight excluding hydrogens is 524 g/mol. The van der Waals surface area contributed by atoms with Crippen LogP contribution in [0.15, 0.2) is 102 Å². The third-order valence-electron chi connectivity index (χ3n) is 5.65. The number of amides is 1. The van der Waals surface area contributed by atoms with Gasteiger partial charge in [0.05, 0.1) is 19.3 Å². The molecule has 7 nitrogen and oxygen atoms in total. The van der Waals surface area contributed by atoms with E-state index in [1.165, 1.54) is 13.2 Å². The molecule has 38 heavy (non-hydrogen) atoms. The first kappa shape index (κ1) is 27.2. The highest BCUT2D eigenvalue weighted by Gasteiger charge is 2.30. The van der Waals surface area contributed by atoms with E-state index in [1.54, 1.807) is 61.5 Å². The summed E-state index contributed by atoms with van der Waals surface area (Å²) in [5.74, 6) is 0.579. The fraction of sp³-hybridized carbons (Fsp3) is 0.138. The fourth-order valence-electron chi connectivity index (χ4n) is 3.79. The van der Waals surface area contributed by atoms with Crippen LogP contribution in [-0.2, 0) is 21.4 Å². The molecule has 0 aliphatic rings. The molecule has 1 N–H and O–H groups in total. The minimum atomic E-state index is -4.13. The second kappa shape index (κ2) is 12.1. The van der Waals surface area contributed by atoms with Crippen LogP contribution in [0, 0.1) is 6.92 Å². The minimum absolute atomic E-state index is 0.0143. The van der Waals surface area contributed by atoms with Crippen LogP contribution in [0.25, 0.3) is 0 Å². The lowest BCUT2D eigenvalue weighted by Gasteiger charge is -2.23. The van der Waals surface area contributed by atoms with E-state index in [9.17, 15) is 13.2 Å². The smallest absolute Gasteiger partial charge is 0.247 e. The Bertz CT molecular complexity index is 1510. The number of nitrogens with zero attached hydrogens (tertiary/aromatic N) is 1. The summed E-state index contributed by atoms with van der Waals surface area (Å²) in [6, 6.07) is 27.9. The second-order valence-electron chi connectivity index (χ2n) is 8.52. The van der Waals surface area contributed by atoms with Gasteiger partial charge in [-0.3, -0.25) is 4.79 Å². The first-order valence-corrected chi connectivity index (χ1v) is 13.6. The van der Waals surface area contributed by atoms with Gasteiger partial charge in [0, 0.05) is 11.6 Å². The van der Waals surface area contributed by atoms with Gasteiger partial charge in [-0.25, -0.2) is 8.42 Å². The summed E-state index contributed by atoms with van der Waals surface area (Å²) >= 11 is 6.19. The molecule has 0 aliphatic heterocycles. The van der Waals surface area contributed by atoms with Gasteiger partial charge in [-0.05, 0) is 60.5 Å². The van der Waals surface area contributed by atoms with E-state index in [-0.39, 0.29) is 17.2 Å². The molecule has 0 aromatic heterocycles. The maximum absolute atomic E-state index is 13.8. The molecule has 0 aliphatic carbocycles. The van der Waals surface area contributed by atoms with Crippen molar-refractivity contribution in [1.29, 1.82) is 0 Å². The molecule has 9 heteroatoms. The molecule has 0 unspecified atom stereocenters. The molecular formula is C29H27ClN2O5S. The van der Waals surface area contributed by atoms with Crippen LogP contribution in [0.4, 0.5) is 5.69 Å². The Balaban J connectivity index is 1.64. The number of halogens is 1. The van der Waals surface area contributed by atoms with E-state index in [1.807, 2.05) is 36.4 Å². The van der Waals surface area contributed by atoms with Crippen LogP contribution in [0.1, 0.15) is 11.1 Å². The van der Waals surface area contributed by atoms with Gasteiger partial charge in [0.2, 0.25) is 15.9 Å². The highest BCUT2D eigenvalue weighted by molar-refractivity contribution is 7.89. The Morgan fingerprint density at radius 1 is 0.895 bits per heavy atom. The summed E-state index contributed by atoms with van der Waals surface area (Å²) in [6.45, 7) is 1.32. The number of hydrogen-bond donors (Lipinski definition) is 1. The quantitative estimate of drug-likeness (QED) is 0.251. The topological polar surface area (TPSA) is 84.9 Å². The van der Waals surface area contributed by atoms with Crippen molar-refractivity contribution in [3.05, 3.63) is 113 Å². The molecule has 0 fully saturated rings. The summed E-state index contributed by atoms with van der Waals surface area (Å²) in [4.78, 5) is 13.3. The van der Waals surface area contributed by atoms with Gasteiger partial charge in [-0.1, -0.05) is 66.2 Å². The molecule has 0 spiro atoms. The van der Waals surface area contributed by atoms with E-state index < -0.39 is 22.5 Å². The Morgan fingerprint density at radius 2 is 1.55 bits per heavy atom. The Labute approximate surface area is 227 Å². The standard InChI is InChI=1S/C29H27ClN2O5S/c1-21-13-15-27(36-2)28(17-21)38(34,35)32(19-22-9-5-3-6-10-22)20-29(33)31-25-18-23(30)14-16-26(25)37-24-11-7-4-8-12-24/h3-18H,19-20H2,1-2H3,(H,31,33). The Kier molecular flexibility index (Phi) is 8.68. The number of anilines is 1. The van der Waals surface area contributed by atoms with Crippen LogP contribution >= 0.6 is 11.6 Å². The fourth-order valence-corrected chi connectivity index (χ4v) is 5.59. The minimum Gasteiger partial charge on any atom is -0.495 e. The van der Waals surface area contributed by atoms with Gasteiger partial charge < -0.3 is 14.8 Å². The van der Waals surface area contributed by atoms with Crippen LogP contribution in [0.2, 0.25) is 5.02 Å². The molecule has 0 atom stereocenters. The summed E-state index contributed by atoms with van der Waals surface area (Å²) in [6.07, 6.45) is 0. The van der Waals surface area contributed by atoms with E-state index >= 15 is 0 Å². The lowest BCUT2D eigenvalue weighted by atomic mass is 10.2. The van der Waals surface area contributed by atoms with Gasteiger partial charge in [-0.15, -0.1) is 0 Å². The molecule has 4 aromatic carbocycles. The zero-order chi connectivity index (χ0) is 27.1. The van der Waals surface area contributed by atoms with Crippen molar-refractivity contribution in [2.45, 2.75) is 18.4 Å². The van der Waals surface area contributed by atoms with Gasteiger partial charge in [0.15, 0.2) is 5.75 Å². The number of aryl methyl sites for hydroxylation is 1. The highest BCUT2D eigenvalue weighted by Crippen LogP contribution is 2.33. The summed E-state index contributed by atoms with van der Waals surface area (Å²) in [7, 11) is -2.72. The van der Waals surface area contributed by atoms with Crippen molar-refractivity contribution < 1.29 is 22.7 Å². The predicted octanol–water partition coefficient (Wildman–Crippen LogP) is 6.28. The number of hydrogen-bond acceptors (Lipinski definition) is 5.